The smallest absolute Gasteiger partial charge is 0.337 e. The molecular weight excluding hydrogens is 525 g/mol. The van der Waals surface area contributed by atoms with E-state index in [2.05, 4.69) is 36.6 Å². The van der Waals surface area contributed by atoms with E-state index in [-0.39, 0.29) is 5.11 Å². The Hall–Kier alpha value is -1.58. The SMILES string of the molecule is COC(=O)c1ccc(NC(=S)NC(NC(=O)c2ccc(Br)cc2)C(Cl)(Cl)Cl)cc1. The van der Waals surface area contributed by atoms with Gasteiger partial charge in [-0.3, -0.25) is 4.79 Å². The molecule has 1 unspecified atom stereocenters. The molecule has 0 aliphatic rings. The van der Waals surface area contributed by atoms with E-state index in [0.29, 0.717) is 16.8 Å². The molecule has 0 saturated heterocycles. The van der Waals surface area contributed by atoms with Gasteiger partial charge in [0.2, 0.25) is 3.79 Å². The lowest BCUT2D eigenvalue weighted by Gasteiger charge is -2.27. The predicted octanol–water partition coefficient (Wildman–Crippen LogP) is 4.65. The molecule has 6 nitrogen and oxygen atoms in total. The summed E-state index contributed by atoms with van der Waals surface area (Å²) in [7, 11) is 1.30. The lowest BCUT2D eigenvalue weighted by atomic mass is 10.2. The van der Waals surface area contributed by atoms with Crippen LogP contribution in [0.4, 0.5) is 5.69 Å². The van der Waals surface area contributed by atoms with Gasteiger partial charge in [-0.2, -0.15) is 0 Å². The Labute approximate surface area is 196 Å². The number of thiocarbonyl (C=S) groups is 1. The third-order valence-corrected chi connectivity index (χ3v) is 4.95. The fourth-order valence-corrected chi connectivity index (χ4v) is 2.95. The molecule has 11 heteroatoms. The van der Waals surface area contributed by atoms with Crippen LogP contribution in [-0.2, 0) is 4.74 Å². The van der Waals surface area contributed by atoms with E-state index in [1.165, 1.54) is 7.11 Å². The van der Waals surface area contributed by atoms with E-state index in [9.17, 15) is 9.59 Å². The fraction of sp³-hybridized carbons (Fsp3) is 0.167. The van der Waals surface area contributed by atoms with Crippen molar-refractivity contribution in [1.82, 2.24) is 10.6 Å². The van der Waals surface area contributed by atoms with Crippen molar-refractivity contribution < 1.29 is 14.3 Å². The van der Waals surface area contributed by atoms with E-state index >= 15 is 0 Å². The van der Waals surface area contributed by atoms with Gasteiger partial charge >= 0.3 is 5.97 Å². The van der Waals surface area contributed by atoms with Crippen molar-refractivity contribution in [3.8, 4) is 0 Å². The Morgan fingerprint density at radius 3 is 2.07 bits per heavy atom. The first-order chi connectivity index (χ1) is 13.6. The average molecular weight is 540 g/mol. The summed E-state index contributed by atoms with van der Waals surface area (Å²) in [5, 5.41) is 8.33. The van der Waals surface area contributed by atoms with E-state index < -0.39 is 21.8 Å². The van der Waals surface area contributed by atoms with Crippen LogP contribution in [0.25, 0.3) is 0 Å². The minimum Gasteiger partial charge on any atom is -0.465 e. The van der Waals surface area contributed by atoms with Crippen molar-refractivity contribution in [3.05, 3.63) is 64.1 Å². The first kappa shape index (κ1) is 23.7. The third-order valence-electron chi connectivity index (χ3n) is 3.55. The van der Waals surface area contributed by atoms with Crippen molar-refractivity contribution in [2.45, 2.75) is 9.96 Å². The third kappa shape index (κ3) is 7.31. The maximum Gasteiger partial charge on any atom is 0.337 e. The molecule has 154 valence electrons. The maximum atomic E-state index is 12.4. The summed E-state index contributed by atoms with van der Waals surface area (Å²) in [6.45, 7) is 0. The number of rotatable bonds is 5. The van der Waals surface area contributed by atoms with Crippen LogP contribution in [0.2, 0.25) is 0 Å². The van der Waals surface area contributed by atoms with Gasteiger partial charge in [0.15, 0.2) is 5.11 Å². The maximum absolute atomic E-state index is 12.4. The minimum absolute atomic E-state index is 0.100. The summed E-state index contributed by atoms with van der Waals surface area (Å²) in [4.78, 5) is 23.9. The molecule has 1 amide bonds. The standard InChI is InChI=1S/C18H15BrCl3N3O3S/c1-28-15(27)11-4-8-13(9-5-11)23-17(29)25-16(18(20,21)22)24-14(26)10-2-6-12(19)7-3-10/h2-9,16H,1H3,(H,24,26)(H2,23,25,29). The second-order valence-corrected chi connectivity index (χ2v) is 9.32. The zero-order valence-corrected chi connectivity index (χ0v) is 19.5. The molecule has 0 radical (unpaired) electrons. The highest BCUT2D eigenvalue weighted by molar-refractivity contribution is 9.10. The molecule has 2 aromatic rings. The molecule has 0 aliphatic heterocycles. The zero-order valence-electron chi connectivity index (χ0n) is 14.8. The normalized spacial score (nSPS) is 11.9. The van der Waals surface area contributed by atoms with E-state index in [1.807, 2.05) is 0 Å². The number of ether oxygens (including phenoxy) is 1. The summed E-state index contributed by atoms with van der Waals surface area (Å²) in [5.74, 6) is -0.907. The van der Waals surface area contributed by atoms with Crippen LogP contribution in [0.1, 0.15) is 20.7 Å². The Morgan fingerprint density at radius 2 is 1.55 bits per heavy atom. The van der Waals surface area contributed by atoms with Crippen LogP contribution >= 0.6 is 63.0 Å². The number of hydrogen-bond acceptors (Lipinski definition) is 4. The van der Waals surface area contributed by atoms with Gasteiger partial charge in [0, 0.05) is 15.7 Å². The first-order valence-corrected chi connectivity index (χ1v) is 10.3. The number of carbonyl (C=O) groups is 2. The molecule has 0 fully saturated rings. The molecule has 2 rings (SSSR count). The molecule has 0 bridgehead atoms. The second kappa shape index (κ2) is 10.4. The molecule has 29 heavy (non-hydrogen) atoms. The van der Waals surface area contributed by atoms with Crippen molar-refractivity contribution in [1.29, 1.82) is 0 Å². The van der Waals surface area contributed by atoms with Gasteiger partial charge < -0.3 is 20.7 Å². The molecular formula is C18H15BrCl3N3O3S. The van der Waals surface area contributed by atoms with E-state index in [4.69, 9.17) is 47.0 Å². The highest BCUT2D eigenvalue weighted by atomic mass is 79.9. The Kier molecular flexibility index (Phi) is 8.54. The number of halogens is 4. The lowest BCUT2D eigenvalue weighted by molar-refractivity contribution is 0.0600. The van der Waals surface area contributed by atoms with Crippen molar-refractivity contribution in [2.75, 3.05) is 12.4 Å². The summed E-state index contributed by atoms with van der Waals surface area (Å²) in [6.07, 6.45) is -1.11. The van der Waals surface area contributed by atoms with Crippen LogP contribution in [0.3, 0.4) is 0 Å². The summed E-state index contributed by atoms with van der Waals surface area (Å²) >= 11 is 26.5. The van der Waals surface area contributed by atoms with Gasteiger partial charge in [-0.05, 0) is 60.7 Å². The second-order valence-electron chi connectivity index (χ2n) is 5.62. The summed E-state index contributed by atoms with van der Waals surface area (Å²) < 4.78 is 3.59. The van der Waals surface area contributed by atoms with Crippen molar-refractivity contribution in [3.63, 3.8) is 0 Å². The molecule has 1 atom stereocenters. The number of methoxy groups -OCH3 is 1. The van der Waals surface area contributed by atoms with E-state index in [1.54, 1.807) is 48.5 Å². The monoisotopic (exact) mass is 537 g/mol. The largest absolute Gasteiger partial charge is 0.465 e. The molecule has 3 N–H and O–H groups in total. The van der Waals surface area contributed by atoms with Gasteiger partial charge in [0.25, 0.3) is 5.91 Å². The summed E-state index contributed by atoms with van der Waals surface area (Å²) in [5.41, 5.74) is 1.35. The topological polar surface area (TPSA) is 79.5 Å². The zero-order chi connectivity index (χ0) is 21.6. The highest BCUT2D eigenvalue weighted by Crippen LogP contribution is 2.29. The van der Waals surface area contributed by atoms with Crippen molar-refractivity contribution >= 4 is 85.6 Å². The number of anilines is 1. The number of alkyl halides is 3. The molecule has 0 aliphatic carbocycles. The van der Waals surface area contributed by atoms with Crippen LogP contribution in [0, 0.1) is 0 Å². The number of esters is 1. The number of hydrogen-bond donors (Lipinski definition) is 3. The molecule has 2 aromatic carbocycles. The number of nitrogens with one attached hydrogen (secondary N) is 3. The fourth-order valence-electron chi connectivity index (χ4n) is 2.12. The molecule has 0 spiro atoms. The van der Waals surface area contributed by atoms with Crippen LogP contribution < -0.4 is 16.0 Å². The molecule has 0 saturated carbocycles. The Balaban J connectivity index is 2.04. The quantitative estimate of drug-likeness (QED) is 0.222. The predicted molar refractivity (Wildman–Crippen MR) is 123 cm³/mol. The Morgan fingerprint density at radius 1 is 1.00 bits per heavy atom. The van der Waals surface area contributed by atoms with Crippen molar-refractivity contribution in [2.24, 2.45) is 0 Å². The minimum atomic E-state index is -1.88. The highest BCUT2D eigenvalue weighted by Gasteiger charge is 2.34. The van der Waals surface area contributed by atoms with Crippen LogP contribution in [0.15, 0.2) is 53.0 Å². The van der Waals surface area contributed by atoms with Gasteiger partial charge in [-0.25, -0.2) is 4.79 Å². The van der Waals surface area contributed by atoms with Crippen LogP contribution in [-0.4, -0.2) is 34.1 Å². The van der Waals surface area contributed by atoms with Crippen LogP contribution in [0.5, 0.6) is 0 Å². The van der Waals surface area contributed by atoms with Gasteiger partial charge in [0.05, 0.1) is 12.7 Å². The number of amides is 1. The number of benzene rings is 2. The average Bonchev–Trinajstić information content (AvgIpc) is 2.67. The lowest BCUT2D eigenvalue weighted by Crippen LogP contribution is -2.56. The molecule has 0 aromatic heterocycles. The van der Waals surface area contributed by atoms with E-state index in [0.717, 1.165) is 4.47 Å². The Bertz CT molecular complexity index is 890. The van der Waals surface area contributed by atoms with Gasteiger partial charge in [-0.15, -0.1) is 0 Å². The molecule has 0 heterocycles. The van der Waals surface area contributed by atoms with Gasteiger partial charge in [-0.1, -0.05) is 50.7 Å². The summed E-state index contributed by atoms with van der Waals surface area (Å²) in [6, 6.07) is 13.1. The van der Waals surface area contributed by atoms with Gasteiger partial charge in [0.1, 0.15) is 6.17 Å². The first-order valence-electron chi connectivity index (χ1n) is 7.99. The number of carbonyl (C=O) groups excluding carboxylic acids is 2.